The van der Waals surface area contributed by atoms with Gasteiger partial charge in [0.05, 0.1) is 0 Å². The molecule has 1 nitrogen and oxygen atoms in total. The Morgan fingerprint density at radius 2 is 2.23 bits per heavy atom. The molecule has 0 spiro atoms. The summed E-state index contributed by atoms with van der Waals surface area (Å²) in [5, 5.41) is 1.27. The van der Waals surface area contributed by atoms with Gasteiger partial charge in [-0.1, -0.05) is 19.1 Å². The van der Waals surface area contributed by atoms with Gasteiger partial charge >= 0.3 is 0 Å². The number of allylic oxidation sites excluding steroid dienone is 1. The molecule has 2 aromatic rings. The minimum atomic E-state index is 0.430. The molecule has 1 aromatic carbocycles. The SMILES string of the molecule is C=CC(C)c1ccc2[nH]ccc2c1. The molecule has 13 heavy (non-hydrogen) atoms. The van der Waals surface area contributed by atoms with Crippen LogP contribution in [0.4, 0.5) is 0 Å². The van der Waals surface area contributed by atoms with Crippen LogP contribution in [0.25, 0.3) is 10.9 Å². The first kappa shape index (κ1) is 8.11. The van der Waals surface area contributed by atoms with Crippen LogP contribution < -0.4 is 0 Å². The molecule has 1 unspecified atom stereocenters. The molecule has 0 saturated carbocycles. The molecule has 0 aliphatic rings. The van der Waals surface area contributed by atoms with Gasteiger partial charge in [-0.05, 0) is 35.1 Å². The molecule has 0 radical (unpaired) electrons. The Balaban J connectivity index is 2.53. The van der Waals surface area contributed by atoms with Gasteiger partial charge in [-0.25, -0.2) is 0 Å². The highest BCUT2D eigenvalue weighted by molar-refractivity contribution is 5.80. The molecule has 0 aliphatic carbocycles. The summed E-state index contributed by atoms with van der Waals surface area (Å²) in [6, 6.07) is 8.56. The standard InChI is InChI=1S/C12H13N/c1-3-9(2)10-4-5-12-11(8-10)6-7-13-12/h3-9,13H,1H2,2H3. The predicted molar refractivity (Wildman–Crippen MR) is 56.9 cm³/mol. The fourth-order valence-electron chi connectivity index (χ4n) is 1.49. The van der Waals surface area contributed by atoms with Gasteiger partial charge in [-0.15, -0.1) is 6.58 Å². The third-order valence-corrected chi connectivity index (χ3v) is 2.46. The van der Waals surface area contributed by atoms with Crippen molar-refractivity contribution in [1.29, 1.82) is 0 Å². The highest BCUT2D eigenvalue weighted by Gasteiger charge is 2.01. The van der Waals surface area contributed by atoms with Gasteiger partial charge in [-0.2, -0.15) is 0 Å². The number of hydrogen-bond donors (Lipinski definition) is 1. The lowest BCUT2D eigenvalue weighted by atomic mass is 10.0. The smallest absolute Gasteiger partial charge is 0.0454 e. The van der Waals surface area contributed by atoms with Crippen molar-refractivity contribution in [1.82, 2.24) is 4.98 Å². The van der Waals surface area contributed by atoms with Crippen LogP contribution in [-0.4, -0.2) is 4.98 Å². The van der Waals surface area contributed by atoms with Crippen LogP contribution >= 0.6 is 0 Å². The molecule has 1 heterocycles. The maximum Gasteiger partial charge on any atom is 0.0454 e. The number of H-pyrrole nitrogens is 1. The van der Waals surface area contributed by atoms with E-state index in [1.807, 2.05) is 12.3 Å². The Labute approximate surface area is 78.1 Å². The largest absolute Gasteiger partial charge is 0.361 e. The normalized spacial score (nSPS) is 13.0. The molecule has 2 rings (SSSR count). The lowest BCUT2D eigenvalue weighted by molar-refractivity contribution is 0.974. The molecule has 0 aliphatic heterocycles. The number of fused-ring (bicyclic) bond motifs is 1. The van der Waals surface area contributed by atoms with Crippen molar-refractivity contribution in [3.8, 4) is 0 Å². The second-order valence-electron chi connectivity index (χ2n) is 3.35. The fourth-order valence-corrected chi connectivity index (χ4v) is 1.49. The molecule has 0 amide bonds. The van der Waals surface area contributed by atoms with Crippen molar-refractivity contribution in [3.63, 3.8) is 0 Å². The van der Waals surface area contributed by atoms with E-state index < -0.39 is 0 Å². The van der Waals surface area contributed by atoms with E-state index in [4.69, 9.17) is 0 Å². The first-order valence-corrected chi connectivity index (χ1v) is 4.51. The molecule has 1 N–H and O–H groups in total. The van der Waals surface area contributed by atoms with Crippen LogP contribution in [0.1, 0.15) is 18.4 Å². The average Bonchev–Trinajstić information content (AvgIpc) is 2.63. The second-order valence-corrected chi connectivity index (χ2v) is 3.35. The Kier molecular flexibility index (Phi) is 1.93. The Morgan fingerprint density at radius 1 is 1.38 bits per heavy atom. The van der Waals surface area contributed by atoms with Crippen LogP contribution in [0.15, 0.2) is 43.1 Å². The van der Waals surface area contributed by atoms with Crippen molar-refractivity contribution < 1.29 is 0 Å². The number of rotatable bonds is 2. The monoisotopic (exact) mass is 171 g/mol. The number of nitrogens with one attached hydrogen (secondary N) is 1. The van der Waals surface area contributed by atoms with E-state index in [0.29, 0.717) is 5.92 Å². The maximum atomic E-state index is 3.80. The first-order chi connectivity index (χ1) is 6.31. The minimum absolute atomic E-state index is 0.430. The summed E-state index contributed by atoms with van der Waals surface area (Å²) in [5.41, 5.74) is 2.52. The van der Waals surface area contributed by atoms with Gasteiger partial charge in [0.15, 0.2) is 0 Å². The summed E-state index contributed by atoms with van der Waals surface area (Å²) in [6.45, 7) is 5.95. The third-order valence-electron chi connectivity index (χ3n) is 2.46. The van der Waals surface area contributed by atoms with E-state index in [-0.39, 0.29) is 0 Å². The van der Waals surface area contributed by atoms with Crippen LogP contribution in [-0.2, 0) is 0 Å². The van der Waals surface area contributed by atoms with E-state index in [0.717, 1.165) is 0 Å². The molecule has 1 aromatic heterocycles. The van der Waals surface area contributed by atoms with Crippen LogP contribution in [0, 0.1) is 0 Å². The summed E-state index contributed by atoms with van der Waals surface area (Å²) in [7, 11) is 0. The maximum absolute atomic E-state index is 3.80. The second kappa shape index (κ2) is 3.09. The van der Waals surface area contributed by atoms with Crippen molar-refractivity contribution in [2.75, 3.05) is 0 Å². The van der Waals surface area contributed by atoms with Gasteiger partial charge in [0.2, 0.25) is 0 Å². The number of aromatic amines is 1. The molecule has 0 bridgehead atoms. The lowest BCUT2D eigenvalue weighted by Gasteiger charge is -2.05. The molecule has 0 saturated heterocycles. The lowest BCUT2D eigenvalue weighted by Crippen LogP contribution is -1.87. The molecule has 66 valence electrons. The topological polar surface area (TPSA) is 15.8 Å². The zero-order valence-electron chi connectivity index (χ0n) is 7.75. The molecule has 0 fully saturated rings. The fraction of sp³-hybridized carbons (Fsp3) is 0.167. The zero-order chi connectivity index (χ0) is 9.26. The molecule has 1 atom stereocenters. The van der Waals surface area contributed by atoms with Crippen LogP contribution in [0.5, 0.6) is 0 Å². The summed E-state index contributed by atoms with van der Waals surface area (Å²) < 4.78 is 0. The van der Waals surface area contributed by atoms with Crippen LogP contribution in [0.2, 0.25) is 0 Å². The molecular formula is C12H13N. The molecule has 1 heteroatoms. The number of aromatic nitrogens is 1. The van der Waals surface area contributed by atoms with Crippen molar-refractivity contribution in [2.24, 2.45) is 0 Å². The quantitative estimate of drug-likeness (QED) is 0.666. The van der Waals surface area contributed by atoms with Crippen molar-refractivity contribution >= 4 is 10.9 Å². The van der Waals surface area contributed by atoms with Gasteiger partial charge in [-0.3, -0.25) is 0 Å². The van der Waals surface area contributed by atoms with Gasteiger partial charge in [0.1, 0.15) is 0 Å². The Hall–Kier alpha value is -1.50. The van der Waals surface area contributed by atoms with E-state index >= 15 is 0 Å². The Bertz CT molecular complexity index is 425. The van der Waals surface area contributed by atoms with E-state index in [1.165, 1.54) is 16.5 Å². The first-order valence-electron chi connectivity index (χ1n) is 4.51. The number of hydrogen-bond acceptors (Lipinski definition) is 0. The highest BCUT2D eigenvalue weighted by atomic mass is 14.7. The minimum Gasteiger partial charge on any atom is -0.361 e. The Morgan fingerprint density at radius 3 is 3.00 bits per heavy atom. The van der Waals surface area contributed by atoms with E-state index in [1.54, 1.807) is 0 Å². The van der Waals surface area contributed by atoms with Crippen molar-refractivity contribution in [3.05, 3.63) is 48.7 Å². The summed E-state index contributed by atoms with van der Waals surface area (Å²) >= 11 is 0. The third kappa shape index (κ3) is 1.37. The van der Waals surface area contributed by atoms with Crippen molar-refractivity contribution in [2.45, 2.75) is 12.8 Å². The predicted octanol–water partition coefficient (Wildman–Crippen LogP) is 3.46. The summed E-state index contributed by atoms with van der Waals surface area (Å²) in [4.78, 5) is 3.18. The van der Waals surface area contributed by atoms with Gasteiger partial charge < -0.3 is 4.98 Å². The van der Waals surface area contributed by atoms with Gasteiger partial charge in [0.25, 0.3) is 0 Å². The average molecular weight is 171 g/mol. The molecular weight excluding hydrogens is 158 g/mol. The van der Waals surface area contributed by atoms with E-state index in [2.05, 4.69) is 42.8 Å². The summed E-state index contributed by atoms with van der Waals surface area (Å²) in [5.74, 6) is 0.430. The van der Waals surface area contributed by atoms with E-state index in [9.17, 15) is 0 Å². The van der Waals surface area contributed by atoms with Crippen LogP contribution in [0.3, 0.4) is 0 Å². The van der Waals surface area contributed by atoms with Gasteiger partial charge in [0, 0.05) is 11.7 Å². The zero-order valence-corrected chi connectivity index (χ0v) is 7.75. The summed E-state index contributed by atoms with van der Waals surface area (Å²) in [6.07, 6.45) is 3.93. The number of benzene rings is 1. The highest BCUT2D eigenvalue weighted by Crippen LogP contribution is 2.21.